The number of nitrogens with zero attached hydrogens (tertiary/aromatic N) is 6. The van der Waals surface area contributed by atoms with Crippen LogP contribution in [0.2, 0.25) is 0 Å². The van der Waals surface area contributed by atoms with Crippen LogP contribution in [0.1, 0.15) is 13.8 Å². The quantitative estimate of drug-likeness (QED) is 0.664. The molecule has 2 aliphatic heterocycles. The van der Waals surface area contributed by atoms with E-state index < -0.39 is 0 Å². The summed E-state index contributed by atoms with van der Waals surface area (Å²) in [5.41, 5.74) is 2.55. The summed E-state index contributed by atoms with van der Waals surface area (Å²) in [6, 6.07) is 8.51. The zero-order valence-corrected chi connectivity index (χ0v) is 18.8. The van der Waals surface area contributed by atoms with E-state index in [9.17, 15) is 0 Å². The van der Waals surface area contributed by atoms with Crippen molar-refractivity contribution in [3.05, 3.63) is 30.5 Å². The van der Waals surface area contributed by atoms with Crippen LogP contribution in [0.3, 0.4) is 0 Å². The topological polar surface area (TPSA) is 88.5 Å². The predicted molar refractivity (Wildman–Crippen MR) is 125 cm³/mol. The van der Waals surface area contributed by atoms with Crippen LogP contribution in [-0.2, 0) is 9.47 Å². The van der Waals surface area contributed by atoms with Gasteiger partial charge < -0.3 is 24.6 Å². The van der Waals surface area contributed by atoms with Gasteiger partial charge in [-0.2, -0.15) is 9.97 Å². The number of ether oxygens (including phenoxy) is 2. The molecule has 0 bridgehead atoms. The van der Waals surface area contributed by atoms with Crippen LogP contribution in [-0.4, -0.2) is 78.6 Å². The fraction of sp³-hybridized carbons (Fsp3) is 0.478. The number of aromatic nitrogens is 4. The van der Waals surface area contributed by atoms with E-state index in [0.29, 0.717) is 38.0 Å². The molecule has 2 fully saturated rings. The third kappa shape index (κ3) is 3.93. The van der Waals surface area contributed by atoms with Crippen LogP contribution >= 0.6 is 0 Å². The molecule has 1 N–H and O–H groups in total. The Labute approximate surface area is 187 Å². The molecule has 168 valence electrons. The van der Waals surface area contributed by atoms with Gasteiger partial charge in [0.25, 0.3) is 0 Å². The summed E-state index contributed by atoms with van der Waals surface area (Å²) in [7, 11) is 1.86. The lowest BCUT2D eigenvalue weighted by Gasteiger charge is -2.37. The maximum absolute atomic E-state index is 5.67. The summed E-state index contributed by atoms with van der Waals surface area (Å²) < 4.78 is 11.3. The maximum Gasteiger partial charge on any atom is 0.229 e. The van der Waals surface area contributed by atoms with E-state index in [1.165, 1.54) is 0 Å². The Balaban J connectivity index is 1.65. The Morgan fingerprint density at radius 2 is 1.69 bits per heavy atom. The molecule has 5 heterocycles. The van der Waals surface area contributed by atoms with Gasteiger partial charge in [-0.3, -0.25) is 0 Å². The van der Waals surface area contributed by atoms with Gasteiger partial charge in [0.05, 0.1) is 49.6 Å². The SMILES string of the molecule is CNc1cc(-c2ccc3c(N4CCOC[C@@H]4C)nc(N4CCOC[C@@H]4C)nc3n2)ccn1. The van der Waals surface area contributed by atoms with Crippen LogP contribution < -0.4 is 15.1 Å². The van der Waals surface area contributed by atoms with Crippen molar-refractivity contribution in [3.63, 3.8) is 0 Å². The second kappa shape index (κ2) is 8.84. The van der Waals surface area contributed by atoms with Gasteiger partial charge in [0, 0.05) is 31.9 Å². The molecule has 0 aliphatic carbocycles. The lowest BCUT2D eigenvalue weighted by molar-refractivity contribution is 0.0973. The van der Waals surface area contributed by atoms with E-state index in [1.54, 1.807) is 6.20 Å². The van der Waals surface area contributed by atoms with Gasteiger partial charge in [0.15, 0.2) is 5.65 Å². The minimum atomic E-state index is 0.206. The van der Waals surface area contributed by atoms with Crippen LogP contribution in [0.25, 0.3) is 22.3 Å². The minimum Gasteiger partial charge on any atom is -0.377 e. The standard InChI is InChI=1S/C23H29N7O2/c1-15-13-31-10-8-29(15)22-18-4-5-19(17-6-7-25-20(12-17)24-3)26-21(18)27-23(28-22)30-9-11-32-14-16(30)2/h4-7,12,15-16H,8-11,13-14H2,1-3H3,(H,24,25)/t15-,16-/m0/s1. The molecule has 0 spiro atoms. The Morgan fingerprint density at radius 1 is 0.938 bits per heavy atom. The largest absolute Gasteiger partial charge is 0.377 e. The first kappa shape index (κ1) is 20.8. The smallest absolute Gasteiger partial charge is 0.229 e. The van der Waals surface area contributed by atoms with Gasteiger partial charge in [-0.1, -0.05) is 0 Å². The van der Waals surface area contributed by atoms with Crippen molar-refractivity contribution in [3.8, 4) is 11.3 Å². The van der Waals surface area contributed by atoms with Gasteiger partial charge >= 0.3 is 0 Å². The number of pyridine rings is 2. The summed E-state index contributed by atoms with van der Waals surface area (Å²) in [5.74, 6) is 2.43. The molecule has 32 heavy (non-hydrogen) atoms. The summed E-state index contributed by atoms with van der Waals surface area (Å²) >= 11 is 0. The zero-order valence-electron chi connectivity index (χ0n) is 18.8. The van der Waals surface area contributed by atoms with Gasteiger partial charge in [-0.15, -0.1) is 0 Å². The number of nitrogens with one attached hydrogen (secondary N) is 1. The van der Waals surface area contributed by atoms with Crippen LogP contribution in [0.15, 0.2) is 30.5 Å². The first-order valence-corrected chi connectivity index (χ1v) is 11.2. The first-order chi connectivity index (χ1) is 15.6. The highest BCUT2D eigenvalue weighted by molar-refractivity contribution is 5.90. The van der Waals surface area contributed by atoms with Gasteiger partial charge in [-0.05, 0) is 38.1 Å². The van der Waals surface area contributed by atoms with Crippen molar-refractivity contribution >= 4 is 28.6 Å². The summed E-state index contributed by atoms with van der Waals surface area (Å²) in [4.78, 5) is 23.8. The molecule has 0 unspecified atom stereocenters. The first-order valence-electron chi connectivity index (χ1n) is 11.2. The number of anilines is 3. The van der Waals surface area contributed by atoms with Crippen LogP contribution in [0.5, 0.6) is 0 Å². The highest BCUT2D eigenvalue weighted by Gasteiger charge is 2.27. The fourth-order valence-corrected chi connectivity index (χ4v) is 4.28. The van der Waals surface area contributed by atoms with Crippen LogP contribution in [0, 0.1) is 0 Å². The predicted octanol–water partition coefficient (Wildman–Crippen LogP) is 2.58. The summed E-state index contributed by atoms with van der Waals surface area (Å²) in [6.45, 7) is 8.59. The summed E-state index contributed by atoms with van der Waals surface area (Å²) in [5, 5.41) is 4.04. The average Bonchev–Trinajstić information content (AvgIpc) is 2.83. The molecule has 0 saturated carbocycles. The van der Waals surface area contributed by atoms with Crippen molar-refractivity contribution < 1.29 is 9.47 Å². The Kier molecular flexibility index (Phi) is 5.75. The molecule has 5 rings (SSSR count). The van der Waals surface area contributed by atoms with Crippen LogP contribution in [0.4, 0.5) is 17.6 Å². The average molecular weight is 436 g/mol. The Bertz CT molecular complexity index is 1110. The van der Waals surface area contributed by atoms with E-state index in [0.717, 1.165) is 41.4 Å². The van der Waals surface area contributed by atoms with Gasteiger partial charge in [0.1, 0.15) is 11.6 Å². The zero-order chi connectivity index (χ0) is 22.1. The monoisotopic (exact) mass is 435 g/mol. The molecule has 3 aromatic rings. The molecule has 2 saturated heterocycles. The lowest BCUT2D eigenvalue weighted by atomic mass is 10.1. The molecule has 3 aromatic heterocycles. The van der Waals surface area contributed by atoms with E-state index >= 15 is 0 Å². The highest BCUT2D eigenvalue weighted by atomic mass is 16.5. The van der Waals surface area contributed by atoms with E-state index in [1.807, 2.05) is 25.2 Å². The molecule has 9 nitrogen and oxygen atoms in total. The Hall–Kier alpha value is -3.04. The maximum atomic E-state index is 5.67. The molecule has 0 amide bonds. The van der Waals surface area contributed by atoms with Gasteiger partial charge in [-0.25, -0.2) is 9.97 Å². The van der Waals surface area contributed by atoms with Crippen molar-refractivity contribution in [2.75, 3.05) is 61.7 Å². The number of morpholine rings is 2. The van der Waals surface area contributed by atoms with E-state index in [-0.39, 0.29) is 12.1 Å². The number of fused-ring (bicyclic) bond motifs is 1. The van der Waals surface area contributed by atoms with E-state index in [2.05, 4.69) is 40.0 Å². The van der Waals surface area contributed by atoms with E-state index in [4.69, 9.17) is 24.4 Å². The molecule has 0 radical (unpaired) electrons. The highest BCUT2D eigenvalue weighted by Crippen LogP contribution is 2.31. The van der Waals surface area contributed by atoms with Crippen molar-refractivity contribution in [2.45, 2.75) is 25.9 Å². The fourth-order valence-electron chi connectivity index (χ4n) is 4.28. The normalized spacial score (nSPS) is 21.7. The molecule has 0 aromatic carbocycles. The number of hydrogen-bond acceptors (Lipinski definition) is 9. The Morgan fingerprint density at radius 3 is 2.41 bits per heavy atom. The number of hydrogen-bond donors (Lipinski definition) is 1. The molecular weight excluding hydrogens is 406 g/mol. The molecule has 9 heteroatoms. The lowest BCUT2D eigenvalue weighted by Crippen LogP contribution is -2.46. The van der Waals surface area contributed by atoms with Crippen molar-refractivity contribution in [2.24, 2.45) is 0 Å². The molecule has 2 atom stereocenters. The second-order valence-electron chi connectivity index (χ2n) is 8.33. The second-order valence-corrected chi connectivity index (χ2v) is 8.33. The minimum absolute atomic E-state index is 0.206. The molecule has 2 aliphatic rings. The van der Waals surface area contributed by atoms with Crippen molar-refractivity contribution in [1.29, 1.82) is 0 Å². The molecular formula is C23H29N7O2. The van der Waals surface area contributed by atoms with Crippen molar-refractivity contribution in [1.82, 2.24) is 19.9 Å². The third-order valence-corrected chi connectivity index (χ3v) is 6.10. The van der Waals surface area contributed by atoms with Gasteiger partial charge in [0.2, 0.25) is 5.95 Å². The number of rotatable bonds is 4. The third-order valence-electron chi connectivity index (χ3n) is 6.10. The summed E-state index contributed by atoms with van der Waals surface area (Å²) in [6.07, 6.45) is 1.79.